The van der Waals surface area contributed by atoms with Crippen LogP contribution in [0.15, 0.2) is 48.8 Å². The Balaban J connectivity index is 1.57. The number of hydrogen-bond donors (Lipinski definition) is 3. The van der Waals surface area contributed by atoms with E-state index in [1.807, 2.05) is 33.0 Å². The summed E-state index contributed by atoms with van der Waals surface area (Å²) in [7, 11) is 1.86. The van der Waals surface area contributed by atoms with Gasteiger partial charge in [-0.1, -0.05) is 32.9 Å². The van der Waals surface area contributed by atoms with Gasteiger partial charge in [-0.2, -0.15) is 5.10 Å². The minimum atomic E-state index is -0.185. The van der Waals surface area contributed by atoms with Crippen LogP contribution in [0, 0.1) is 13.8 Å². The Morgan fingerprint density at radius 1 is 1.16 bits per heavy atom. The van der Waals surface area contributed by atoms with Crippen LogP contribution in [0.25, 0.3) is 5.70 Å². The van der Waals surface area contributed by atoms with Crippen molar-refractivity contribution in [2.75, 3.05) is 23.4 Å². The number of hydrazine groups is 1. The van der Waals surface area contributed by atoms with Gasteiger partial charge in [-0.05, 0) is 79.7 Å². The number of nitrogens with two attached hydrogens (primary N) is 2. The van der Waals surface area contributed by atoms with Gasteiger partial charge in [0.05, 0.1) is 17.6 Å². The number of hydrogen-bond acceptors (Lipinski definition) is 6. The molecule has 0 spiro atoms. The summed E-state index contributed by atoms with van der Waals surface area (Å²) in [5.74, 6) is 6.19. The van der Waals surface area contributed by atoms with Gasteiger partial charge >= 0.3 is 0 Å². The zero-order chi connectivity index (χ0) is 26.9. The van der Waals surface area contributed by atoms with Crippen LogP contribution in [0.4, 0.5) is 11.4 Å². The van der Waals surface area contributed by atoms with E-state index >= 15 is 0 Å². The Labute approximate surface area is 219 Å². The number of amides is 1. The van der Waals surface area contributed by atoms with Crippen molar-refractivity contribution < 1.29 is 4.79 Å². The molecule has 0 unspecified atom stereocenters. The maximum absolute atomic E-state index is 13.3. The van der Waals surface area contributed by atoms with Crippen LogP contribution in [0.1, 0.15) is 65.5 Å². The van der Waals surface area contributed by atoms with Crippen LogP contribution in [-0.2, 0) is 19.0 Å². The third-order valence-corrected chi connectivity index (χ3v) is 7.05. The van der Waals surface area contributed by atoms with Gasteiger partial charge in [0.25, 0.3) is 5.91 Å². The molecule has 1 amide bonds. The standard InChI is InChI=1S/C29H39N7O/c1-19-8-9-22(14-27(19)36(31)18-26(30)25-16-32-34(6)20(25)2)28(37)33-24-13-21(17-35-10-7-11-35)12-23(15-24)29(3,4)5/h8-9,12-16,18H,7,10-11,17,30-31H2,1-6H3,(H,33,37)/b26-18-. The molecule has 1 fully saturated rings. The summed E-state index contributed by atoms with van der Waals surface area (Å²) in [5, 5.41) is 8.82. The van der Waals surface area contributed by atoms with Gasteiger partial charge in [0.1, 0.15) is 0 Å². The molecule has 1 aliphatic rings. The molecule has 2 heterocycles. The monoisotopic (exact) mass is 501 g/mol. The molecule has 8 heteroatoms. The van der Waals surface area contributed by atoms with E-state index in [-0.39, 0.29) is 11.3 Å². The number of carbonyl (C=O) groups is 1. The minimum absolute atomic E-state index is 0.0274. The summed E-state index contributed by atoms with van der Waals surface area (Å²) < 4.78 is 1.76. The molecule has 2 aromatic carbocycles. The van der Waals surface area contributed by atoms with Crippen molar-refractivity contribution in [1.29, 1.82) is 0 Å². The van der Waals surface area contributed by atoms with Crippen molar-refractivity contribution >= 4 is 23.0 Å². The van der Waals surface area contributed by atoms with Gasteiger partial charge in [0.2, 0.25) is 0 Å². The first-order valence-electron chi connectivity index (χ1n) is 12.7. The van der Waals surface area contributed by atoms with E-state index in [4.69, 9.17) is 11.6 Å². The molecule has 4 rings (SSSR count). The third kappa shape index (κ3) is 6.03. The number of rotatable bonds is 7. The number of carbonyl (C=O) groups excluding carboxylic acids is 1. The van der Waals surface area contributed by atoms with Crippen LogP contribution in [-0.4, -0.2) is 33.7 Å². The third-order valence-electron chi connectivity index (χ3n) is 7.05. The molecule has 0 saturated carbocycles. The Bertz CT molecular complexity index is 1330. The summed E-state index contributed by atoms with van der Waals surface area (Å²) in [6.07, 6.45) is 4.62. The maximum atomic E-state index is 13.3. The van der Waals surface area contributed by atoms with Crippen LogP contribution < -0.4 is 21.9 Å². The van der Waals surface area contributed by atoms with Crippen molar-refractivity contribution in [3.05, 3.63) is 82.3 Å². The first-order chi connectivity index (χ1) is 17.4. The van der Waals surface area contributed by atoms with E-state index in [1.54, 1.807) is 23.1 Å². The Hall–Kier alpha value is -3.62. The number of benzene rings is 2. The van der Waals surface area contributed by atoms with Crippen molar-refractivity contribution in [2.24, 2.45) is 18.6 Å². The van der Waals surface area contributed by atoms with Crippen LogP contribution in [0.3, 0.4) is 0 Å². The molecule has 0 aliphatic carbocycles. The summed E-state index contributed by atoms with van der Waals surface area (Å²) >= 11 is 0. The van der Waals surface area contributed by atoms with E-state index in [9.17, 15) is 4.79 Å². The number of nitrogens with one attached hydrogen (secondary N) is 1. The number of aromatic nitrogens is 2. The molecule has 1 saturated heterocycles. The topological polar surface area (TPSA) is 105 Å². The van der Waals surface area contributed by atoms with Gasteiger partial charge in [-0.15, -0.1) is 0 Å². The molecule has 1 aliphatic heterocycles. The molecule has 0 bridgehead atoms. The van der Waals surface area contributed by atoms with Crippen LogP contribution >= 0.6 is 0 Å². The fraction of sp³-hybridized carbons (Fsp3) is 0.379. The lowest BCUT2D eigenvalue weighted by Crippen LogP contribution is -2.36. The lowest BCUT2D eigenvalue weighted by molar-refractivity contribution is 0.102. The second-order valence-electron chi connectivity index (χ2n) is 11.0. The molecule has 37 heavy (non-hydrogen) atoms. The van der Waals surface area contributed by atoms with E-state index in [0.29, 0.717) is 16.9 Å². The molecule has 5 N–H and O–H groups in total. The van der Waals surface area contributed by atoms with E-state index < -0.39 is 0 Å². The molecular weight excluding hydrogens is 462 g/mol. The number of anilines is 2. The first-order valence-corrected chi connectivity index (χ1v) is 12.7. The summed E-state index contributed by atoms with van der Waals surface area (Å²) in [6.45, 7) is 13.6. The largest absolute Gasteiger partial charge is 0.397 e. The highest BCUT2D eigenvalue weighted by Gasteiger charge is 2.20. The molecule has 196 valence electrons. The second-order valence-corrected chi connectivity index (χ2v) is 11.0. The summed E-state index contributed by atoms with van der Waals surface area (Å²) in [4.78, 5) is 15.7. The molecule has 8 nitrogen and oxygen atoms in total. The molecule has 1 aromatic heterocycles. The number of likely N-dealkylation sites (tertiary alicyclic amines) is 1. The summed E-state index contributed by atoms with van der Waals surface area (Å²) in [5.41, 5.74) is 13.9. The van der Waals surface area contributed by atoms with Gasteiger partial charge in [0.15, 0.2) is 0 Å². The SMILES string of the molecule is Cc1ccc(C(=O)Nc2cc(CN3CCC3)cc(C(C)(C)C)c2)cc1N(N)/C=C(\N)c1cnn(C)c1C. The normalized spacial score (nSPS) is 14.4. The van der Waals surface area contributed by atoms with Crippen molar-refractivity contribution in [3.8, 4) is 0 Å². The molecule has 0 radical (unpaired) electrons. The van der Waals surface area contributed by atoms with Gasteiger partial charge < -0.3 is 11.1 Å². The van der Waals surface area contributed by atoms with E-state index in [2.05, 4.69) is 54.3 Å². The fourth-order valence-electron chi connectivity index (χ4n) is 4.39. The smallest absolute Gasteiger partial charge is 0.255 e. The lowest BCUT2D eigenvalue weighted by atomic mass is 9.85. The van der Waals surface area contributed by atoms with Gasteiger partial charge in [-0.25, -0.2) is 5.84 Å². The van der Waals surface area contributed by atoms with Gasteiger partial charge in [-0.3, -0.25) is 19.4 Å². The predicted octanol–water partition coefficient (Wildman–Crippen LogP) is 4.43. The Kier molecular flexibility index (Phi) is 7.43. The van der Waals surface area contributed by atoms with E-state index in [1.165, 1.54) is 22.6 Å². The maximum Gasteiger partial charge on any atom is 0.255 e. The molecule has 0 atom stereocenters. The van der Waals surface area contributed by atoms with Gasteiger partial charge in [0, 0.05) is 42.3 Å². The number of nitrogens with zero attached hydrogens (tertiary/aromatic N) is 4. The first kappa shape index (κ1) is 26.4. The van der Waals surface area contributed by atoms with Crippen LogP contribution in [0.5, 0.6) is 0 Å². The quantitative estimate of drug-likeness (QED) is 0.327. The average molecular weight is 502 g/mol. The Morgan fingerprint density at radius 3 is 2.49 bits per heavy atom. The predicted molar refractivity (Wildman–Crippen MR) is 151 cm³/mol. The fourth-order valence-corrected chi connectivity index (χ4v) is 4.39. The average Bonchev–Trinajstić information content (AvgIpc) is 3.14. The van der Waals surface area contributed by atoms with Crippen molar-refractivity contribution in [3.63, 3.8) is 0 Å². The highest BCUT2D eigenvalue weighted by molar-refractivity contribution is 6.05. The van der Waals surface area contributed by atoms with Crippen molar-refractivity contribution in [2.45, 2.75) is 53.0 Å². The number of aryl methyl sites for hydroxylation is 2. The summed E-state index contributed by atoms with van der Waals surface area (Å²) in [6, 6.07) is 11.9. The minimum Gasteiger partial charge on any atom is -0.397 e. The van der Waals surface area contributed by atoms with Crippen LogP contribution in [0.2, 0.25) is 0 Å². The Morgan fingerprint density at radius 2 is 1.89 bits per heavy atom. The zero-order valence-corrected chi connectivity index (χ0v) is 22.8. The highest BCUT2D eigenvalue weighted by Crippen LogP contribution is 2.29. The molecular formula is C29H39N7O. The second kappa shape index (κ2) is 10.4. The molecule has 3 aromatic rings. The highest BCUT2D eigenvalue weighted by atomic mass is 16.1. The zero-order valence-electron chi connectivity index (χ0n) is 22.8. The lowest BCUT2D eigenvalue weighted by Gasteiger charge is -2.31. The van der Waals surface area contributed by atoms with E-state index in [0.717, 1.165) is 42.1 Å². The van der Waals surface area contributed by atoms with Crippen molar-refractivity contribution in [1.82, 2.24) is 14.7 Å².